The van der Waals surface area contributed by atoms with Gasteiger partial charge in [-0.25, -0.2) is 4.79 Å². The van der Waals surface area contributed by atoms with Crippen LogP contribution in [0.3, 0.4) is 0 Å². The first kappa shape index (κ1) is 12.9. The average molecular weight is 255 g/mol. The Hall–Kier alpha value is -1.59. The second kappa shape index (κ2) is 4.96. The molecule has 0 N–H and O–H groups in total. The highest BCUT2D eigenvalue weighted by atomic mass is 16.6. The topological polar surface area (TPSA) is 72.9 Å². The molecule has 3 fully saturated rings. The van der Waals surface area contributed by atoms with Crippen molar-refractivity contribution in [2.45, 2.75) is 25.8 Å². The zero-order chi connectivity index (χ0) is 13.3. The van der Waals surface area contributed by atoms with Gasteiger partial charge in [0.15, 0.2) is 0 Å². The second-order valence-electron chi connectivity index (χ2n) is 4.65. The lowest BCUT2D eigenvalue weighted by molar-refractivity contribution is -0.155. The van der Waals surface area contributed by atoms with Crippen LogP contribution >= 0.6 is 0 Å². The third kappa shape index (κ3) is 2.07. The highest BCUT2D eigenvalue weighted by Crippen LogP contribution is 2.37. The Labute approximate surface area is 105 Å². The van der Waals surface area contributed by atoms with E-state index in [-0.39, 0.29) is 30.7 Å². The third-order valence-electron chi connectivity index (χ3n) is 3.69. The predicted molar refractivity (Wildman–Crippen MR) is 60.8 cm³/mol. The molecule has 6 nitrogen and oxygen atoms in total. The van der Waals surface area contributed by atoms with Crippen molar-refractivity contribution in [1.82, 2.24) is 4.90 Å². The Kier molecular flexibility index (Phi) is 3.54. The number of hydrogen-bond donors (Lipinski definition) is 0. The van der Waals surface area contributed by atoms with E-state index in [1.165, 1.54) is 12.0 Å². The van der Waals surface area contributed by atoms with Crippen molar-refractivity contribution < 1.29 is 23.9 Å². The maximum absolute atomic E-state index is 11.8. The minimum Gasteiger partial charge on any atom is -0.469 e. The molecule has 0 radical (unpaired) electrons. The summed E-state index contributed by atoms with van der Waals surface area (Å²) < 4.78 is 9.69. The number of Topliss-reactive ketones (excluding diaryl/α,β-unsaturated/α-hetero) is 1. The maximum atomic E-state index is 11.8. The summed E-state index contributed by atoms with van der Waals surface area (Å²) in [5, 5.41) is 0. The molecular formula is C12H17NO5. The molecule has 0 unspecified atom stereocenters. The van der Waals surface area contributed by atoms with Gasteiger partial charge in [-0.3, -0.25) is 9.59 Å². The Morgan fingerprint density at radius 2 is 2.17 bits per heavy atom. The minimum absolute atomic E-state index is 0.126. The van der Waals surface area contributed by atoms with Crippen molar-refractivity contribution in [3.05, 3.63) is 0 Å². The fraction of sp³-hybridized carbons (Fsp3) is 0.750. The molecule has 0 aromatic heterocycles. The number of piperidine rings is 2. The number of carbonyl (C=O) groups is 3. The van der Waals surface area contributed by atoms with Gasteiger partial charge < -0.3 is 14.4 Å². The van der Waals surface area contributed by atoms with E-state index in [4.69, 9.17) is 9.47 Å². The highest BCUT2D eigenvalue weighted by molar-refractivity contribution is 5.89. The second-order valence-corrected chi connectivity index (χ2v) is 4.65. The smallest absolute Gasteiger partial charge is 0.410 e. The molecule has 0 aromatic carbocycles. The first-order chi connectivity index (χ1) is 8.58. The molecule has 100 valence electrons. The predicted octanol–water partition coefficient (Wildman–Crippen LogP) is 0.595. The normalized spacial score (nSPS) is 30.2. The van der Waals surface area contributed by atoms with E-state index in [0.29, 0.717) is 13.0 Å². The van der Waals surface area contributed by atoms with Crippen LogP contribution in [-0.4, -0.2) is 49.0 Å². The first-order valence-electron chi connectivity index (χ1n) is 6.12. The zero-order valence-electron chi connectivity index (χ0n) is 10.5. The SMILES string of the molecule is CCOC(=O)N1C[C@H]2C[C@H](C(=O)OC)[C@@H]1CC2=O. The molecule has 3 atom stereocenters. The van der Waals surface area contributed by atoms with Crippen LogP contribution in [0.5, 0.6) is 0 Å². The number of nitrogens with zero attached hydrogens (tertiary/aromatic N) is 1. The Bertz CT molecular complexity index is 381. The van der Waals surface area contributed by atoms with Gasteiger partial charge in [-0.2, -0.15) is 0 Å². The zero-order valence-corrected chi connectivity index (χ0v) is 10.5. The van der Waals surface area contributed by atoms with E-state index >= 15 is 0 Å². The van der Waals surface area contributed by atoms with E-state index in [1.54, 1.807) is 6.92 Å². The van der Waals surface area contributed by atoms with Gasteiger partial charge >= 0.3 is 12.1 Å². The number of rotatable bonds is 2. The van der Waals surface area contributed by atoms with Crippen LogP contribution in [0.4, 0.5) is 4.79 Å². The quantitative estimate of drug-likeness (QED) is 0.675. The van der Waals surface area contributed by atoms with Crippen molar-refractivity contribution in [1.29, 1.82) is 0 Å². The maximum Gasteiger partial charge on any atom is 0.410 e. The molecule has 3 rings (SSSR count). The van der Waals surface area contributed by atoms with E-state index < -0.39 is 18.1 Å². The van der Waals surface area contributed by atoms with Crippen LogP contribution in [0.15, 0.2) is 0 Å². The summed E-state index contributed by atoms with van der Waals surface area (Å²) in [5.74, 6) is -0.897. The van der Waals surface area contributed by atoms with Gasteiger partial charge in [-0.1, -0.05) is 0 Å². The molecule has 2 aliphatic heterocycles. The monoisotopic (exact) mass is 255 g/mol. The Morgan fingerprint density at radius 1 is 1.44 bits per heavy atom. The van der Waals surface area contributed by atoms with Gasteiger partial charge in [0.05, 0.1) is 25.7 Å². The average Bonchev–Trinajstić information content (AvgIpc) is 2.38. The number of fused-ring (bicyclic) bond motifs is 3. The van der Waals surface area contributed by atoms with Crippen LogP contribution < -0.4 is 0 Å². The molecule has 18 heavy (non-hydrogen) atoms. The molecule has 1 aliphatic carbocycles. The number of ketones is 1. The number of ether oxygens (including phenoxy) is 2. The summed E-state index contributed by atoms with van der Waals surface area (Å²) in [6, 6.07) is -0.408. The largest absolute Gasteiger partial charge is 0.469 e. The van der Waals surface area contributed by atoms with Crippen LogP contribution in [0.1, 0.15) is 19.8 Å². The van der Waals surface area contributed by atoms with Gasteiger partial charge in [-0.05, 0) is 13.3 Å². The van der Waals surface area contributed by atoms with Crippen molar-refractivity contribution in [3.8, 4) is 0 Å². The number of carbonyl (C=O) groups excluding carboxylic acids is 3. The van der Waals surface area contributed by atoms with Crippen LogP contribution in [-0.2, 0) is 19.1 Å². The van der Waals surface area contributed by atoms with Crippen molar-refractivity contribution >= 4 is 17.8 Å². The molecule has 6 heteroatoms. The Morgan fingerprint density at radius 3 is 2.72 bits per heavy atom. The first-order valence-corrected chi connectivity index (χ1v) is 6.12. The van der Waals surface area contributed by atoms with Gasteiger partial charge in [0.2, 0.25) is 0 Å². The van der Waals surface area contributed by atoms with E-state index in [9.17, 15) is 14.4 Å². The summed E-state index contributed by atoms with van der Waals surface area (Å²) in [5.41, 5.74) is 0. The summed E-state index contributed by atoms with van der Waals surface area (Å²) in [6.07, 6.45) is 0.253. The van der Waals surface area contributed by atoms with Gasteiger partial charge in [0.1, 0.15) is 5.78 Å². The van der Waals surface area contributed by atoms with E-state index in [1.807, 2.05) is 0 Å². The molecular weight excluding hydrogens is 238 g/mol. The molecule has 0 aromatic rings. The van der Waals surface area contributed by atoms with Crippen molar-refractivity contribution in [3.63, 3.8) is 0 Å². The van der Waals surface area contributed by atoms with Gasteiger partial charge in [0.25, 0.3) is 0 Å². The van der Waals surface area contributed by atoms with Gasteiger partial charge in [-0.15, -0.1) is 0 Å². The van der Waals surface area contributed by atoms with E-state index in [0.717, 1.165) is 0 Å². The molecule has 2 heterocycles. The third-order valence-corrected chi connectivity index (χ3v) is 3.69. The summed E-state index contributed by atoms with van der Waals surface area (Å²) in [6.45, 7) is 2.36. The van der Waals surface area contributed by atoms with Crippen LogP contribution in [0.25, 0.3) is 0 Å². The van der Waals surface area contributed by atoms with Crippen LogP contribution in [0, 0.1) is 11.8 Å². The summed E-state index contributed by atoms with van der Waals surface area (Å²) in [4.78, 5) is 36.7. The lowest BCUT2D eigenvalue weighted by Crippen LogP contribution is -2.60. The van der Waals surface area contributed by atoms with E-state index in [2.05, 4.69) is 0 Å². The summed E-state index contributed by atoms with van der Waals surface area (Å²) in [7, 11) is 1.32. The molecule has 3 aliphatic rings. The fourth-order valence-corrected chi connectivity index (χ4v) is 2.81. The lowest BCUT2D eigenvalue weighted by atomic mass is 9.72. The molecule has 2 saturated heterocycles. The Balaban J connectivity index is 2.17. The standard InChI is InChI=1S/C12H17NO5/c1-3-18-12(16)13-6-7-4-8(11(15)17-2)9(13)5-10(7)14/h7-9H,3-6H2,1-2H3/t7-,8+,9+/m1/s1. The lowest BCUT2D eigenvalue weighted by Gasteiger charge is -2.46. The molecule has 1 amide bonds. The molecule has 1 saturated carbocycles. The highest BCUT2D eigenvalue weighted by Gasteiger charge is 2.50. The van der Waals surface area contributed by atoms with Crippen molar-refractivity contribution in [2.75, 3.05) is 20.3 Å². The van der Waals surface area contributed by atoms with Crippen molar-refractivity contribution in [2.24, 2.45) is 11.8 Å². The molecule has 0 spiro atoms. The number of amides is 1. The number of methoxy groups -OCH3 is 1. The minimum atomic E-state index is -0.450. The number of esters is 1. The number of hydrogen-bond acceptors (Lipinski definition) is 5. The summed E-state index contributed by atoms with van der Waals surface area (Å²) >= 11 is 0. The molecule has 2 bridgehead atoms. The fourth-order valence-electron chi connectivity index (χ4n) is 2.81. The van der Waals surface area contributed by atoms with Crippen LogP contribution in [0.2, 0.25) is 0 Å². The van der Waals surface area contributed by atoms with Gasteiger partial charge in [0, 0.05) is 18.9 Å².